The molecule has 106 valence electrons. The summed E-state index contributed by atoms with van der Waals surface area (Å²) in [6.07, 6.45) is 1.04. The van der Waals surface area contributed by atoms with E-state index in [0.717, 1.165) is 12.5 Å². The summed E-state index contributed by atoms with van der Waals surface area (Å²) in [5.74, 6) is -1.87. The van der Waals surface area contributed by atoms with Crippen LogP contribution in [-0.4, -0.2) is 12.5 Å². The molecule has 1 atom stereocenters. The number of nitrogens with two attached hydrogens (primary N) is 1. The minimum Gasteiger partial charge on any atom is -0.330 e. The van der Waals surface area contributed by atoms with Gasteiger partial charge in [0, 0.05) is 6.42 Å². The summed E-state index contributed by atoms with van der Waals surface area (Å²) in [6, 6.07) is 3.69. The maximum absolute atomic E-state index is 13.4. The predicted octanol–water partition coefficient (Wildman–Crippen LogP) is 2.91. The molecule has 1 amide bonds. The molecule has 0 radical (unpaired) electrons. The van der Waals surface area contributed by atoms with Gasteiger partial charge in [-0.1, -0.05) is 19.9 Å². The van der Waals surface area contributed by atoms with Crippen molar-refractivity contribution in [2.24, 2.45) is 17.6 Å². The second kappa shape index (κ2) is 7.19. The van der Waals surface area contributed by atoms with Crippen LogP contribution in [0.2, 0.25) is 0 Å². The summed E-state index contributed by atoms with van der Waals surface area (Å²) in [6.45, 7) is 4.50. The lowest BCUT2D eigenvalue weighted by molar-refractivity contribution is -0.117. The molecule has 0 aliphatic heterocycles. The minimum atomic E-state index is -1.04. The first-order chi connectivity index (χ1) is 8.93. The molecule has 0 aromatic heterocycles. The van der Waals surface area contributed by atoms with Gasteiger partial charge in [-0.25, -0.2) is 8.78 Å². The Bertz CT molecular complexity index is 435. The summed E-state index contributed by atoms with van der Waals surface area (Å²) >= 11 is 0. The van der Waals surface area contributed by atoms with Gasteiger partial charge in [0.25, 0.3) is 0 Å². The molecule has 3 nitrogen and oxygen atoms in total. The molecule has 1 aromatic rings. The van der Waals surface area contributed by atoms with Gasteiger partial charge >= 0.3 is 0 Å². The molecule has 0 heterocycles. The van der Waals surface area contributed by atoms with Gasteiger partial charge in [-0.15, -0.1) is 0 Å². The molecule has 0 fully saturated rings. The number of benzene rings is 1. The van der Waals surface area contributed by atoms with E-state index >= 15 is 0 Å². The van der Waals surface area contributed by atoms with Gasteiger partial charge in [-0.2, -0.15) is 0 Å². The quantitative estimate of drug-likeness (QED) is 0.835. The van der Waals surface area contributed by atoms with E-state index < -0.39 is 11.6 Å². The van der Waals surface area contributed by atoms with Gasteiger partial charge in [0.1, 0.15) is 0 Å². The summed E-state index contributed by atoms with van der Waals surface area (Å²) in [5.41, 5.74) is 5.47. The molecular formula is C14H20F2N2O. The van der Waals surface area contributed by atoms with Crippen molar-refractivity contribution in [3.05, 3.63) is 29.8 Å². The molecule has 0 bridgehead atoms. The second-order valence-electron chi connectivity index (χ2n) is 5.08. The zero-order valence-electron chi connectivity index (χ0n) is 11.2. The number of rotatable bonds is 6. The maximum atomic E-state index is 13.4. The number of amides is 1. The Kier molecular flexibility index (Phi) is 5.89. The lowest BCUT2D eigenvalue weighted by atomic mass is 9.94. The average Bonchev–Trinajstić information content (AvgIpc) is 2.33. The number of hydrogen-bond donors (Lipinski definition) is 2. The highest BCUT2D eigenvalue weighted by molar-refractivity contribution is 5.90. The lowest BCUT2D eigenvalue weighted by Crippen LogP contribution is -2.23. The normalized spacial score (nSPS) is 12.5. The van der Waals surface area contributed by atoms with Crippen LogP contribution in [0.5, 0.6) is 0 Å². The van der Waals surface area contributed by atoms with Crippen molar-refractivity contribution in [2.75, 3.05) is 11.9 Å². The highest BCUT2D eigenvalue weighted by atomic mass is 19.2. The van der Waals surface area contributed by atoms with E-state index in [9.17, 15) is 13.6 Å². The number of anilines is 1. The van der Waals surface area contributed by atoms with E-state index in [-0.39, 0.29) is 23.9 Å². The van der Waals surface area contributed by atoms with Crippen LogP contribution < -0.4 is 11.1 Å². The number of nitrogens with one attached hydrogen (secondary N) is 1. The Morgan fingerprint density at radius 3 is 2.63 bits per heavy atom. The van der Waals surface area contributed by atoms with Gasteiger partial charge in [0.05, 0.1) is 5.69 Å². The minimum absolute atomic E-state index is 0.0524. The average molecular weight is 270 g/mol. The number of carbonyl (C=O) groups is 1. The fraction of sp³-hybridized carbons (Fsp3) is 0.500. The van der Waals surface area contributed by atoms with Crippen LogP contribution in [0, 0.1) is 23.5 Å². The van der Waals surface area contributed by atoms with Crippen LogP contribution >= 0.6 is 0 Å². The van der Waals surface area contributed by atoms with Crippen molar-refractivity contribution in [1.82, 2.24) is 0 Å². The molecule has 3 N–H and O–H groups in total. The Hall–Kier alpha value is -1.49. The zero-order valence-corrected chi connectivity index (χ0v) is 11.2. The van der Waals surface area contributed by atoms with Crippen LogP contribution in [0.1, 0.15) is 26.7 Å². The topological polar surface area (TPSA) is 55.1 Å². The molecule has 19 heavy (non-hydrogen) atoms. The van der Waals surface area contributed by atoms with Crippen molar-refractivity contribution in [1.29, 1.82) is 0 Å². The Morgan fingerprint density at radius 2 is 2.05 bits per heavy atom. The Balaban J connectivity index is 2.62. The van der Waals surface area contributed by atoms with E-state index in [1.165, 1.54) is 12.1 Å². The molecule has 5 heteroatoms. The van der Waals surface area contributed by atoms with E-state index in [1.807, 2.05) is 13.8 Å². The smallest absolute Gasteiger partial charge is 0.224 e. The van der Waals surface area contributed by atoms with Crippen molar-refractivity contribution in [2.45, 2.75) is 26.7 Å². The van der Waals surface area contributed by atoms with Crippen LogP contribution in [0.4, 0.5) is 14.5 Å². The SMILES string of the molecule is CC(C)C[C@H](CN)CC(=O)Nc1cccc(F)c1F. The van der Waals surface area contributed by atoms with Crippen molar-refractivity contribution < 1.29 is 13.6 Å². The van der Waals surface area contributed by atoms with Crippen molar-refractivity contribution in [3.8, 4) is 0 Å². The Labute approximate surface area is 112 Å². The molecule has 0 aliphatic rings. The van der Waals surface area contributed by atoms with Gasteiger partial charge < -0.3 is 11.1 Å². The largest absolute Gasteiger partial charge is 0.330 e. The second-order valence-corrected chi connectivity index (χ2v) is 5.08. The lowest BCUT2D eigenvalue weighted by Gasteiger charge is -2.16. The molecular weight excluding hydrogens is 250 g/mol. The van der Waals surface area contributed by atoms with Gasteiger partial charge in [0.2, 0.25) is 5.91 Å². The highest BCUT2D eigenvalue weighted by Gasteiger charge is 2.16. The van der Waals surface area contributed by atoms with Gasteiger partial charge in [-0.05, 0) is 36.9 Å². The maximum Gasteiger partial charge on any atom is 0.224 e. The van der Waals surface area contributed by atoms with E-state index in [0.29, 0.717) is 12.5 Å². The third-order valence-corrected chi connectivity index (χ3v) is 2.84. The number of carbonyl (C=O) groups excluding carboxylic acids is 1. The van der Waals surface area contributed by atoms with Crippen LogP contribution in [0.3, 0.4) is 0 Å². The Morgan fingerprint density at radius 1 is 1.37 bits per heavy atom. The first-order valence-corrected chi connectivity index (χ1v) is 6.38. The summed E-state index contributed by atoms with van der Waals surface area (Å²) in [5, 5.41) is 2.38. The van der Waals surface area contributed by atoms with E-state index in [4.69, 9.17) is 5.73 Å². The highest BCUT2D eigenvalue weighted by Crippen LogP contribution is 2.19. The van der Waals surface area contributed by atoms with Crippen LogP contribution in [-0.2, 0) is 4.79 Å². The van der Waals surface area contributed by atoms with E-state index in [2.05, 4.69) is 5.32 Å². The molecule has 1 rings (SSSR count). The molecule has 0 unspecified atom stereocenters. The molecule has 0 saturated carbocycles. The summed E-state index contributed by atoms with van der Waals surface area (Å²) < 4.78 is 26.4. The van der Waals surface area contributed by atoms with Crippen LogP contribution in [0.15, 0.2) is 18.2 Å². The zero-order chi connectivity index (χ0) is 14.4. The summed E-state index contributed by atoms with van der Waals surface area (Å²) in [4.78, 5) is 11.8. The first kappa shape index (κ1) is 15.6. The van der Waals surface area contributed by atoms with Crippen LogP contribution in [0.25, 0.3) is 0 Å². The molecule has 0 spiro atoms. The van der Waals surface area contributed by atoms with Gasteiger partial charge in [-0.3, -0.25) is 4.79 Å². The number of hydrogen-bond acceptors (Lipinski definition) is 2. The van der Waals surface area contributed by atoms with Crippen molar-refractivity contribution >= 4 is 11.6 Å². The number of halogens is 2. The van der Waals surface area contributed by atoms with Gasteiger partial charge in [0.15, 0.2) is 11.6 Å². The molecule has 1 aromatic carbocycles. The standard InChI is InChI=1S/C14H20F2N2O/c1-9(2)6-10(8-17)7-13(19)18-12-5-3-4-11(15)14(12)16/h3-5,9-10H,6-8,17H2,1-2H3,(H,18,19)/t10-/m0/s1. The van der Waals surface area contributed by atoms with E-state index in [1.54, 1.807) is 0 Å². The third-order valence-electron chi connectivity index (χ3n) is 2.84. The first-order valence-electron chi connectivity index (χ1n) is 6.38. The third kappa shape index (κ3) is 4.95. The molecule has 0 saturated heterocycles. The molecule has 0 aliphatic carbocycles. The summed E-state index contributed by atoms with van der Waals surface area (Å²) in [7, 11) is 0. The fourth-order valence-corrected chi connectivity index (χ4v) is 1.99. The fourth-order valence-electron chi connectivity index (χ4n) is 1.99. The predicted molar refractivity (Wildman–Crippen MR) is 71.6 cm³/mol. The van der Waals surface area contributed by atoms with Crippen molar-refractivity contribution in [3.63, 3.8) is 0 Å². The monoisotopic (exact) mass is 270 g/mol.